The van der Waals surface area contributed by atoms with Crippen LogP contribution in [0.1, 0.15) is 52.8 Å². The summed E-state index contributed by atoms with van der Waals surface area (Å²) in [5, 5.41) is 31.9. The zero-order valence-corrected chi connectivity index (χ0v) is 29.3. The van der Waals surface area contributed by atoms with Gasteiger partial charge in [0.2, 0.25) is 0 Å². The van der Waals surface area contributed by atoms with E-state index in [4.69, 9.17) is 21.1 Å². The lowest BCUT2D eigenvalue weighted by Crippen LogP contribution is -2.52. The lowest BCUT2D eigenvalue weighted by atomic mass is 9.89. The van der Waals surface area contributed by atoms with E-state index in [0.717, 1.165) is 28.7 Å². The van der Waals surface area contributed by atoms with E-state index in [0.29, 0.717) is 33.2 Å². The van der Waals surface area contributed by atoms with Crippen molar-refractivity contribution in [3.63, 3.8) is 0 Å². The predicted molar refractivity (Wildman–Crippen MR) is 195 cm³/mol. The lowest BCUT2D eigenvalue weighted by Gasteiger charge is -2.25. The van der Waals surface area contributed by atoms with Gasteiger partial charge in [0.05, 0.1) is 17.2 Å². The summed E-state index contributed by atoms with van der Waals surface area (Å²) in [7, 11) is 0. The number of carboxylic acids is 1. The lowest BCUT2D eigenvalue weighted by molar-refractivity contribution is -0.145. The fourth-order valence-corrected chi connectivity index (χ4v) is 5.93. The highest BCUT2D eigenvalue weighted by atomic mass is 35.5. The van der Waals surface area contributed by atoms with Crippen molar-refractivity contribution in [3.8, 4) is 39.8 Å². The molecule has 9 heteroatoms. The molecule has 3 N–H and O–H groups in total. The van der Waals surface area contributed by atoms with Crippen molar-refractivity contribution in [3.05, 3.63) is 135 Å². The van der Waals surface area contributed by atoms with Crippen LogP contribution in [0.2, 0.25) is 5.02 Å². The minimum absolute atomic E-state index is 0.0392. The first-order valence-corrected chi connectivity index (χ1v) is 16.7. The maximum atomic E-state index is 11.8. The Morgan fingerprint density at radius 1 is 0.880 bits per heavy atom. The molecule has 8 nitrogen and oxygen atoms in total. The minimum atomic E-state index is -1.58. The van der Waals surface area contributed by atoms with Crippen molar-refractivity contribution in [2.75, 3.05) is 6.61 Å². The van der Waals surface area contributed by atoms with E-state index in [1.165, 1.54) is 35.4 Å². The predicted octanol–water partition coefficient (Wildman–Crippen LogP) is 8.20. The molecule has 0 fully saturated rings. The van der Waals surface area contributed by atoms with Crippen LogP contribution in [0, 0.1) is 25.2 Å². The second-order valence-corrected chi connectivity index (χ2v) is 12.8. The van der Waals surface area contributed by atoms with Crippen molar-refractivity contribution < 1.29 is 24.5 Å². The number of carbonyl (C=O) groups is 1. The van der Waals surface area contributed by atoms with Gasteiger partial charge in [-0.2, -0.15) is 5.26 Å². The Labute approximate surface area is 297 Å². The number of carboxylic acid groups (broad SMARTS) is 1. The number of halogens is 1. The quantitative estimate of drug-likeness (QED) is 0.107. The topological polar surface area (TPSA) is 125 Å². The number of aliphatic hydroxyl groups excluding tert-OH is 1. The van der Waals surface area contributed by atoms with Gasteiger partial charge < -0.3 is 19.7 Å². The number of nitrogens with one attached hydrogen (secondary N) is 1. The summed E-state index contributed by atoms with van der Waals surface area (Å²) in [6, 6.07) is 28.4. The molecule has 0 spiro atoms. The summed E-state index contributed by atoms with van der Waals surface area (Å²) in [4.78, 5) is 15.9. The van der Waals surface area contributed by atoms with Crippen molar-refractivity contribution in [1.29, 1.82) is 5.26 Å². The number of nitrogens with zero attached hydrogens (tertiary/aromatic N) is 2. The second kappa shape index (κ2) is 16.0. The fourth-order valence-electron chi connectivity index (χ4n) is 5.68. The van der Waals surface area contributed by atoms with Crippen LogP contribution in [0.3, 0.4) is 0 Å². The maximum absolute atomic E-state index is 11.8. The number of aromatic nitrogens is 1. The van der Waals surface area contributed by atoms with Crippen LogP contribution in [0.25, 0.3) is 22.3 Å². The molecule has 5 aromatic rings. The third-order valence-electron chi connectivity index (χ3n) is 9.02. The number of nitriles is 1. The molecule has 50 heavy (non-hydrogen) atoms. The van der Waals surface area contributed by atoms with E-state index in [1.54, 1.807) is 24.4 Å². The van der Waals surface area contributed by atoms with Gasteiger partial charge in [-0.1, -0.05) is 79.2 Å². The second-order valence-electron chi connectivity index (χ2n) is 12.4. The van der Waals surface area contributed by atoms with Gasteiger partial charge in [0, 0.05) is 36.1 Å². The zero-order valence-electron chi connectivity index (χ0n) is 28.6. The molecule has 5 rings (SSSR count). The normalized spacial score (nSPS) is 12.2. The summed E-state index contributed by atoms with van der Waals surface area (Å²) in [5.41, 5.74) is 9.28. The van der Waals surface area contributed by atoms with Crippen LogP contribution in [-0.2, 0) is 31.0 Å². The maximum Gasteiger partial charge on any atom is 0.326 e. The average Bonchev–Trinajstić information content (AvgIpc) is 3.13. The molecule has 0 aliphatic rings. The molecular formula is C41H40ClN3O5. The molecular weight excluding hydrogens is 650 g/mol. The number of hydrogen-bond acceptors (Lipinski definition) is 7. The summed E-state index contributed by atoms with van der Waals surface area (Å²) in [6.45, 7) is 7.55. The third kappa shape index (κ3) is 8.15. The van der Waals surface area contributed by atoms with Gasteiger partial charge in [0.25, 0.3) is 0 Å². The molecule has 0 bridgehead atoms. The van der Waals surface area contributed by atoms with Crippen LogP contribution in [0.15, 0.2) is 91.3 Å². The summed E-state index contributed by atoms with van der Waals surface area (Å²) in [6.07, 6.45) is 4.07. The molecule has 0 saturated heterocycles. The largest absolute Gasteiger partial charge is 0.488 e. The zero-order chi connectivity index (χ0) is 35.8. The highest BCUT2D eigenvalue weighted by Crippen LogP contribution is 2.37. The fraction of sp³-hybridized carbons (Fsp3) is 0.244. The number of aryl methyl sites for hydroxylation is 1. The molecule has 0 amide bonds. The minimum Gasteiger partial charge on any atom is -0.488 e. The van der Waals surface area contributed by atoms with Gasteiger partial charge >= 0.3 is 5.97 Å². The Kier molecular flexibility index (Phi) is 11.6. The third-order valence-corrected chi connectivity index (χ3v) is 9.31. The van der Waals surface area contributed by atoms with Gasteiger partial charge in [-0.3, -0.25) is 15.1 Å². The molecule has 0 aliphatic carbocycles. The van der Waals surface area contributed by atoms with Gasteiger partial charge in [-0.25, -0.2) is 0 Å². The molecule has 0 aliphatic heterocycles. The van der Waals surface area contributed by atoms with Crippen molar-refractivity contribution in [2.45, 2.75) is 59.4 Å². The monoisotopic (exact) mass is 689 g/mol. The Morgan fingerprint density at radius 2 is 1.56 bits per heavy atom. The molecule has 1 heterocycles. The first-order chi connectivity index (χ1) is 24.1. The standard InChI is InChI=1S/C41H40ClN3O5/c1-5-28-12-14-31(15-13-28)34-9-7-11-36(27(34)3)35-10-6-8-32(26(35)2)24-50-39-18-38(49-23-30-16-29(19-43)20-44-21-30)33(17-37(39)42)22-45-41(4,25-46)40(47)48/h6-18,20-21,45-46H,5,22-25H2,1-4H3,(H,47,48)/t41-/m0/s1. The van der Waals surface area contributed by atoms with Crippen molar-refractivity contribution in [2.24, 2.45) is 0 Å². The molecule has 0 saturated carbocycles. The number of rotatable bonds is 14. The number of aliphatic hydroxyl groups is 1. The number of pyridine rings is 1. The molecule has 0 unspecified atom stereocenters. The number of benzene rings is 4. The van der Waals surface area contributed by atoms with Crippen LogP contribution >= 0.6 is 11.6 Å². The first kappa shape index (κ1) is 36.1. The van der Waals surface area contributed by atoms with E-state index >= 15 is 0 Å². The van der Waals surface area contributed by atoms with Crippen molar-refractivity contribution >= 4 is 17.6 Å². The molecule has 0 radical (unpaired) electrons. The summed E-state index contributed by atoms with van der Waals surface area (Å²) < 4.78 is 12.5. The molecule has 4 aromatic carbocycles. The SMILES string of the molecule is CCc1ccc(-c2cccc(-c3cccc(COc4cc(OCc5cncc(C#N)c5)c(CN[C@@](C)(CO)C(=O)O)cc4Cl)c3C)c2C)cc1. The highest BCUT2D eigenvalue weighted by molar-refractivity contribution is 6.32. The van der Waals surface area contributed by atoms with Gasteiger partial charge in [-0.15, -0.1) is 0 Å². The van der Waals surface area contributed by atoms with Crippen LogP contribution in [0.4, 0.5) is 0 Å². The summed E-state index contributed by atoms with van der Waals surface area (Å²) in [5.74, 6) is -0.413. The van der Waals surface area contributed by atoms with Crippen LogP contribution < -0.4 is 14.8 Å². The molecule has 1 aromatic heterocycles. The average molecular weight is 690 g/mol. The van der Waals surface area contributed by atoms with Crippen LogP contribution in [-0.4, -0.2) is 33.3 Å². The van der Waals surface area contributed by atoms with E-state index in [2.05, 4.69) is 85.7 Å². The smallest absolute Gasteiger partial charge is 0.326 e. The van der Waals surface area contributed by atoms with E-state index in [1.807, 2.05) is 12.1 Å². The first-order valence-electron chi connectivity index (χ1n) is 16.4. The summed E-state index contributed by atoms with van der Waals surface area (Å²) >= 11 is 6.73. The highest BCUT2D eigenvalue weighted by Gasteiger charge is 2.32. The Hall–Kier alpha value is -5.20. The number of aliphatic carboxylic acids is 1. The number of hydrogen-bond donors (Lipinski definition) is 3. The Morgan fingerprint density at radius 3 is 2.24 bits per heavy atom. The van der Waals surface area contributed by atoms with Gasteiger partial charge in [-0.05, 0) is 83.8 Å². The van der Waals surface area contributed by atoms with Gasteiger partial charge in [0.15, 0.2) is 0 Å². The Balaban J connectivity index is 1.41. The van der Waals surface area contributed by atoms with E-state index < -0.39 is 18.1 Å². The van der Waals surface area contributed by atoms with Gasteiger partial charge in [0.1, 0.15) is 36.3 Å². The molecule has 1 atom stereocenters. The molecule has 256 valence electrons. The van der Waals surface area contributed by atoms with E-state index in [-0.39, 0.29) is 19.8 Å². The van der Waals surface area contributed by atoms with Crippen LogP contribution in [0.5, 0.6) is 11.5 Å². The van der Waals surface area contributed by atoms with E-state index in [9.17, 15) is 20.3 Å². The number of ether oxygens (including phenoxy) is 2. The Bertz CT molecular complexity index is 2040. The van der Waals surface area contributed by atoms with Crippen molar-refractivity contribution in [1.82, 2.24) is 10.3 Å².